The van der Waals surface area contributed by atoms with Crippen molar-refractivity contribution in [2.45, 2.75) is 38.2 Å². The maximum atomic E-state index is 12.3. The lowest BCUT2D eigenvalue weighted by molar-refractivity contribution is 0.281. The van der Waals surface area contributed by atoms with Gasteiger partial charge in [0.05, 0.1) is 11.5 Å². The minimum Gasteiger partial charge on any atom is -0.392 e. The number of aliphatic hydroxyl groups excluding tert-OH is 1. The Hall–Kier alpha value is -0.910. The molecule has 18 heavy (non-hydrogen) atoms. The van der Waals surface area contributed by atoms with Gasteiger partial charge in [-0.1, -0.05) is 19.4 Å². The lowest BCUT2D eigenvalue weighted by Crippen LogP contribution is -2.28. The van der Waals surface area contributed by atoms with Crippen molar-refractivity contribution in [1.82, 2.24) is 4.31 Å². The number of rotatable bonds is 6. The van der Waals surface area contributed by atoms with Crippen molar-refractivity contribution in [3.63, 3.8) is 0 Å². The first-order chi connectivity index (χ1) is 8.43. The Kier molecular flexibility index (Phi) is 5.31. The van der Waals surface area contributed by atoms with Gasteiger partial charge in [0.15, 0.2) is 0 Å². The maximum absolute atomic E-state index is 12.3. The van der Waals surface area contributed by atoms with Gasteiger partial charge in [-0.3, -0.25) is 0 Å². The van der Waals surface area contributed by atoms with Crippen LogP contribution in [-0.4, -0.2) is 31.4 Å². The zero-order valence-corrected chi connectivity index (χ0v) is 12.0. The van der Waals surface area contributed by atoms with E-state index in [1.165, 1.54) is 4.31 Å². The van der Waals surface area contributed by atoms with Crippen LogP contribution in [-0.2, 0) is 16.6 Å². The number of benzene rings is 1. The molecule has 0 aromatic heterocycles. The predicted molar refractivity (Wildman–Crippen MR) is 71.8 cm³/mol. The van der Waals surface area contributed by atoms with Crippen molar-refractivity contribution in [1.29, 1.82) is 0 Å². The molecule has 0 heterocycles. The highest BCUT2D eigenvalue weighted by Crippen LogP contribution is 2.19. The number of aliphatic hydroxyl groups is 1. The van der Waals surface area contributed by atoms with Gasteiger partial charge in [-0.15, -0.1) is 0 Å². The van der Waals surface area contributed by atoms with Crippen LogP contribution in [0.3, 0.4) is 0 Å². The average molecular weight is 271 g/mol. The van der Waals surface area contributed by atoms with E-state index in [0.717, 1.165) is 24.0 Å². The van der Waals surface area contributed by atoms with E-state index in [2.05, 4.69) is 0 Å². The summed E-state index contributed by atoms with van der Waals surface area (Å²) in [6.45, 7) is 4.29. The molecular weight excluding hydrogens is 250 g/mol. The standard InChI is InChI=1S/C13H21NO3S/c1-4-5-8-14(3)18(16,17)13-7-6-12(10-15)11(2)9-13/h6-7,9,15H,4-5,8,10H2,1-3H3. The molecule has 0 fully saturated rings. The van der Waals surface area contributed by atoms with Crippen LogP contribution in [0.4, 0.5) is 0 Å². The number of sulfonamides is 1. The van der Waals surface area contributed by atoms with E-state index in [1.54, 1.807) is 32.2 Å². The molecule has 0 saturated heterocycles. The third-order valence-electron chi connectivity index (χ3n) is 3.02. The largest absolute Gasteiger partial charge is 0.392 e. The monoisotopic (exact) mass is 271 g/mol. The van der Waals surface area contributed by atoms with E-state index < -0.39 is 10.0 Å². The summed E-state index contributed by atoms with van der Waals surface area (Å²) in [5.41, 5.74) is 1.55. The third kappa shape index (κ3) is 3.31. The predicted octanol–water partition coefficient (Wildman–Crippen LogP) is 1.91. The first-order valence-corrected chi connectivity index (χ1v) is 7.54. The smallest absolute Gasteiger partial charge is 0.242 e. The van der Waals surface area contributed by atoms with Crippen molar-refractivity contribution in [3.8, 4) is 0 Å². The first-order valence-electron chi connectivity index (χ1n) is 6.10. The summed E-state index contributed by atoms with van der Waals surface area (Å²) in [7, 11) is -1.81. The van der Waals surface area contributed by atoms with Gasteiger partial charge in [-0.05, 0) is 36.6 Å². The Morgan fingerprint density at radius 3 is 2.50 bits per heavy atom. The second-order valence-electron chi connectivity index (χ2n) is 4.43. The average Bonchev–Trinajstić information content (AvgIpc) is 2.35. The zero-order valence-electron chi connectivity index (χ0n) is 11.2. The highest BCUT2D eigenvalue weighted by Gasteiger charge is 2.20. The van der Waals surface area contributed by atoms with Gasteiger partial charge in [-0.25, -0.2) is 12.7 Å². The van der Waals surface area contributed by atoms with Gasteiger partial charge in [0, 0.05) is 13.6 Å². The number of hydrogen-bond acceptors (Lipinski definition) is 3. The summed E-state index contributed by atoms with van der Waals surface area (Å²) in [4.78, 5) is 0.288. The second kappa shape index (κ2) is 6.31. The molecule has 0 unspecified atom stereocenters. The van der Waals surface area contributed by atoms with Crippen molar-refractivity contribution in [2.24, 2.45) is 0 Å². The van der Waals surface area contributed by atoms with Crippen LogP contribution < -0.4 is 0 Å². The van der Waals surface area contributed by atoms with E-state index in [1.807, 2.05) is 6.92 Å². The number of nitrogens with zero attached hydrogens (tertiary/aromatic N) is 1. The molecule has 1 rings (SSSR count). The number of hydrogen-bond donors (Lipinski definition) is 1. The summed E-state index contributed by atoms with van der Waals surface area (Å²) in [5, 5.41) is 9.08. The summed E-state index contributed by atoms with van der Waals surface area (Å²) in [6, 6.07) is 4.83. The van der Waals surface area contributed by atoms with Gasteiger partial charge in [0.25, 0.3) is 0 Å². The quantitative estimate of drug-likeness (QED) is 0.860. The lowest BCUT2D eigenvalue weighted by atomic mass is 10.1. The molecule has 0 aliphatic rings. The fourth-order valence-corrected chi connectivity index (χ4v) is 2.98. The topological polar surface area (TPSA) is 57.6 Å². The van der Waals surface area contributed by atoms with Crippen molar-refractivity contribution in [2.75, 3.05) is 13.6 Å². The Morgan fingerprint density at radius 2 is 2.00 bits per heavy atom. The molecule has 0 bridgehead atoms. The minimum absolute atomic E-state index is 0.0716. The fourth-order valence-electron chi connectivity index (χ4n) is 1.69. The normalized spacial score (nSPS) is 12.1. The van der Waals surface area contributed by atoms with Crippen LogP contribution in [0.25, 0.3) is 0 Å². The molecule has 4 nitrogen and oxygen atoms in total. The first kappa shape index (κ1) is 15.1. The van der Waals surface area contributed by atoms with Gasteiger partial charge in [0.2, 0.25) is 10.0 Å². The Balaban J connectivity index is 3.01. The van der Waals surface area contributed by atoms with Gasteiger partial charge >= 0.3 is 0 Å². The molecule has 0 amide bonds. The van der Waals surface area contributed by atoms with Crippen LogP contribution in [0, 0.1) is 6.92 Å². The summed E-state index contributed by atoms with van der Waals surface area (Å²) in [6.07, 6.45) is 1.81. The van der Waals surface area contributed by atoms with Crippen LogP contribution in [0.5, 0.6) is 0 Å². The van der Waals surface area contributed by atoms with E-state index in [0.29, 0.717) is 6.54 Å². The highest BCUT2D eigenvalue weighted by atomic mass is 32.2. The molecular formula is C13H21NO3S. The van der Waals surface area contributed by atoms with E-state index in [-0.39, 0.29) is 11.5 Å². The second-order valence-corrected chi connectivity index (χ2v) is 6.47. The molecule has 102 valence electrons. The molecule has 0 atom stereocenters. The molecule has 0 radical (unpaired) electrons. The van der Waals surface area contributed by atoms with Crippen molar-refractivity contribution < 1.29 is 13.5 Å². The van der Waals surface area contributed by atoms with Crippen LogP contribution in [0.1, 0.15) is 30.9 Å². The summed E-state index contributed by atoms with van der Waals surface area (Å²) >= 11 is 0. The fraction of sp³-hybridized carbons (Fsp3) is 0.538. The zero-order chi connectivity index (χ0) is 13.8. The number of aryl methyl sites for hydroxylation is 1. The molecule has 0 aliphatic heterocycles. The highest BCUT2D eigenvalue weighted by molar-refractivity contribution is 7.89. The Morgan fingerprint density at radius 1 is 1.33 bits per heavy atom. The van der Waals surface area contributed by atoms with Gasteiger partial charge in [0.1, 0.15) is 0 Å². The molecule has 5 heteroatoms. The van der Waals surface area contributed by atoms with Crippen LogP contribution in [0.15, 0.2) is 23.1 Å². The molecule has 0 spiro atoms. The molecule has 1 aromatic rings. The Labute approximate surface area is 109 Å². The van der Waals surface area contributed by atoms with Gasteiger partial charge in [-0.2, -0.15) is 0 Å². The molecule has 1 aromatic carbocycles. The van der Waals surface area contributed by atoms with Crippen LogP contribution in [0.2, 0.25) is 0 Å². The lowest BCUT2D eigenvalue weighted by Gasteiger charge is -2.17. The third-order valence-corrected chi connectivity index (χ3v) is 4.87. The summed E-state index contributed by atoms with van der Waals surface area (Å²) in [5.74, 6) is 0. The SMILES string of the molecule is CCCCN(C)S(=O)(=O)c1ccc(CO)c(C)c1. The van der Waals surface area contributed by atoms with Gasteiger partial charge < -0.3 is 5.11 Å². The van der Waals surface area contributed by atoms with E-state index in [9.17, 15) is 8.42 Å². The molecule has 1 N–H and O–H groups in total. The summed E-state index contributed by atoms with van der Waals surface area (Å²) < 4.78 is 25.9. The molecule has 0 aliphatic carbocycles. The van der Waals surface area contributed by atoms with Crippen LogP contribution >= 0.6 is 0 Å². The van der Waals surface area contributed by atoms with Crippen molar-refractivity contribution >= 4 is 10.0 Å². The minimum atomic E-state index is -3.41. The van der Waals surface area contributed by atoms with E-state index in [4.69, 9.17) is 5.11 Å². The number of unbranched alkanes of at least 4 members (excludes halogenated alkanes) is 1. The molecule has 0 saturated carbocycles. The van der Waals surface area contributed by atoms with Crippen molar-refractivity contribution in [3.05, 3.63) is 29.3 Å². The maximum Gasteiger partial charge on any atom is 0.242 e. The van der Waals surface area contributed by atoms with E-state index >= 15 is 0 Å². The Bertz CT molecular complexity index is 497.